The number of hydrogen-bond donors (Lipinski definition) is 1. The molecule has 2 N–H and O–H groups in total. The third-order valence-corrected chi connectivity index (χ3v) is 2.78. The highest BCUT2D eigenvalue weighted by atomic mass is 19.1. The van der Waals surface area contributed by atoms with Crippen LogP contribution in [0.5, 0.6) is 0 Å². The van der Waals surface area contributed by atoms with Gasteiger partial charge in [0, 0.05) is 16.8 Å². The Labute approximate surface area is 95.4 Å². The Morgan fingerprint density at radius 2 is 0.765 bits per heavy atom. The number of rotatable bonds is 5. The van der Waals surface area contributed by atoms with Gasteiger partial charge in [-0.15, -0.1) is 0 Å². The summed E-state index contributed by atoms with van der Waals surface area (Å²) in [7, 11) is 0. The first-order valence-corrected chi connectivity index (χ1v) is 4.89. The van der Waals surface area contributed by atoms with E-state index >= 15 is 0 Å². The van der Waals surface area contributed by atoms with Gasteiger partial charge in [0.2, 0.25) is 0 Å². The van der Waals surface area contributed by atoms with Crippen LogP contribution in [0, 0.1) is 0 Å². The van der Waals surface area contributed by atoms with Crippen molar-refractivity contribution in [2.24, 2.45) is 0 Å². The highest BCUT2D eigenvalue weighted by Crippen LogP contribution is 2.33. The molecule has 0 amide bonds. The molecular formula is C11H12F5N. The lowest BCUT2D eigenvalue weighted by atomic mass is 9.91. The van der Waals surface area contributed by atoms with Crippen LogP contribution in [0.25, 0.3) is 0 Å². The SMILES string of the molecule is Nc1c(CF)c(CF)c(CF)c(CF)c1CF. The summed E-state index contributed by atoms with van der Waals surface area (Å²) in [6.07, 6.45) is 0. The molecule has 1 aromatic carbocycles. The molecule has 0 saturated heterocycles. The van der Waals surface area contributed by atoms with Crippen LogP contribution in [0.1, 0.15) is 27.8 Å². The zero-order chi connectivity index (χ0) is 13.0. The summed E-state index contributed by atoms with van der Waals surface area (Å²) in [5.41, 5.74) is 3.60. The molecule has 0 aliphatic heterocycles. The standard InChI is InChI=1S/C11H12F5N/c12-1-6-7(2-13)9(4-15)11(17)10(5-16)8(6)3-14/h1-5,17H2. The van der Waals surface area contributed by atoms with Crippen molar-refractivity contribution < 1.29 is 22.0 Å². The van der Waals surface area contributed by atoms with Gasteiger partial charge in [0.05, 0.1) is 0 Å². The van der Waals surface area contributed by atoms with E-state index in [2.05, 4.69) is 0 Å². The van der Waals surface area contributed by atoms with Crippen LogP contribution < -0.4 is 5.73 Å². The van der Waals surface area contributed by atoms with E-state index in [0.717, 1.165) is 0 Å². The van der Waals surface area contributed by atoms with Crippen molar-refractivity contribution in [3.8, 4) is 0 Å². The van der Waals surface area contributed by atoms with E-state index in [9.17, 15) is 22.0 Å². The number of anilines is 1. The van der Waals surface area contributed by atoms with E-state index in [1.165, 1.54) is 0 Å². The molecule has 96 valence electrons. The maximum absolute atomic E-state index is 12.8. The molecule has 0 heterocycles. The molecule has 0 unspecified atom stereocenters. The fraction of sp³-hybridized carbons (Fsp3) is 0.455. The summed E-state index contributed by atoms with van der Waals surface area (Å²) in [6, 6.07) is 0. The Hall–Kier alpha value is -1.33. The number of benzene rings is 1. The number of halogens is 5. The highest BCUT2D eigenvalue weighted by Gasteiger charge is 2.22. The number of nitrogen functional groups attached to an aromatic ring is 1. The Kier molecular flexibility index (Phi) is 4.72. The van der Waals surface area contributed by atoms with Gasteiger partial charge in [0.25, 0.3) is 0 Å². The van der Waals surface area contributed by atoms with Gasteiger partial charge in [0.1, 0.15) is 33.4 Å². The van der Waals surface area contributed by atoms with Gasteiger partial charge in [-0.05, 0) is 16.7 Å². The minimum atomic E-state index is -1.18. The molecule has 1 aromatic rings. The van der Waals surface area contributed by atoms with Crippen LogP contribution in [-0.4, -0.2) is 0 Å². The fourth-order valence-corrected chi connectivity index (χ4v) is 1.84. The molecule has 0 atom stereocenters. The average molecular weight is 253 g/mol. The topological polar surface area (TPSA) is 26.0 Å². The van der Waals surface area contributed by atoms with Crippen molar-refractivity contribution in [2.75, 3.05) is 5.73 Å². The van der Waals surface area contributed by atoms with Crippen molar-refractivity contribution in [1.29, 1.82) is 0 Å². The Morgan fingerprint density at radius 3 is 1.00 bits per heavy atom. The van der Waals surface area contributed by atoms with Gasteiger partial charge in [-0.3, -0.25) is 0 Å². The van der Waals surface area contributed by atoms with E-state index in [1.54, 1.807) is 0 Å². The van der Waals surface area contributed by atoms with Gasteiger partial charge < -0.3 is 5.73 Å². The molecule has 0 aliphatic rings. The van der Waals surface area contributed by atoms with Gasteiger partial charge in [0.15, 0.2) is 0 Å². The van der Waals surface area contributed by atoms with Crippen molar-refractivity contribution in [1.82, 2.24) is 0 Å². The summed E-state index contributed by atoms with van der Waals surface area (Å²) >= 11 is 0. The third-order valence-electron chi connectivity index (χ3n) is 2.78. The summed E-state index contributed by atoms with van der Waals surface area (Å²) in [6.45, 7) is -5.79. The van der Waals surface area contributed by atoms with Crippen molar-refractivity contribution in [2.45, 2.75) is 33.4 Å². The minimum Gasteiger partial charge on any atom is -0.398 e. The van der Waals surface area contributed by atoms with Crippen LogP contribution in [0.15, 0.2) is 0 Å². The summed E-state index contributed by atoms with van der Waals surface area (Å²) < 4.78 is 63.7. The predicted octanol–water partition coefficient (Wildman–Crippen LogP) is 3.62. The monoisotopic (exact) mass is 253 g/mol. The summed E-state index contributed by atoms with van der Waals surface area (Å²) in [5, 5.41) is 0. The lowest BCUT2D eigenvalue weighted by molar-refractivity contribution is 0.416. The van der Waals surface area contributed by atoms with Gasteiger partial charge >= 0.3 is 0 Å². The first kappa shape index (κ1) is 13.7. The van der Waals surface area contributed by atoms with Crippen LogP contribution >= 0.6 is 0 Å². The second kappa shape index (κ2) is 5.84. The van der Waals surface area contributed by atoms with Crippen LogP contribution in [0.4, 0.5) is 27.6 Å². The van der Waals surface area contributed by atoms with Crippen LogP contribution in [0.2, 0.25) is 0 Å². The maximum atomic E-state index is 12.8. The second-order valence-electron chi connectivity index (χ2n) is 3.47. The largest absolute Gasteiger partial charge is 0.398 e. The molecule has 0 spiro atoms. The zero-order valence-corrected chi connectivity index (χ0v) is 9.00. The summed E-state index contributed by atoms with van der Waals surface area (Å²) in [4.78, 5) is 0. The highest BCUT2D eigenvalue weighted by molar-refractivity contribution is 5.63. The summed E-state index contributed by atoms with van der Waals surface area (Å²) in [5.74, 6) is 0. The lowest BCUT2D eigenvalue weighted by Gasteiger charge is -2.18. The number of hydrogen-bond acceptors (Lipinski definition) is 1. The minimum absolute atomic E-state index is 0.287. The van der Waals surface area contributed by atoms with E-state index in [0.29, 0.717) is 0 Å². The first-order chi connectivity index (χ1) is 8.15. The van der Waals surface area contributed by atoms with Crippen LogP contribution in [0.3, 0.4) is 0 Å². The van der Waals surface area contributed by atoms with Gasteiger partial charge in [-0.2, -0.15) is 0 Å². The van der Waals surface area contributed by atoms with E-state index < -0.39 is 33.4 Å². The van der Waals surface area contributed by atoms with Crippen LogP contribution in [-0.2, 0) is 33.4 Å². The predicted molar refractivity (Wildman–Crippen MR) is 54.9 cm³/mol. The van der Waals surface area contributed by atoms with Gasteiger partial charge in [-0.25, -0.2) is 22.0 Å². The molecule has 0 saturated carbocycles. The first-order valence-electron chi connectivity index (χ1n) is 4.89. The molecule has 0 bridgehead atoms. The maximum Gasteiger partial charge on any atom is 0.117 e. The van der Waals surface area contributed by atoms with E-state index in [1.807, 2.05) is 0 Å². The molecular weight excluding hydrogens is 241 g/mol. The number of alkyl halides is 5. The normalized spacial score (nSPS) is 10.9. The molecule has 1 rings (SSSR count). The quantitative estimate of drug-likeness (QED) is 0.629. The zero-order valence-electron chi connectivity index (χ0n) is 9.00. The van der Waals surface area contributed by atoms with E-state index in [-0.39, 0.29) is 33.5 Å². The molecule has 6 heteroatoms. The Bertz CT molecular complexity index is 372. The van der Waals surface area contributed by atoms with Crippen molar-refractivity contribution in [3.05, 3.63) is 27.8 Å². The lowest BCUT2D eigenvalue weighted by Crippen LogP contribution is -2.10. The fourth-order valence-electron chi connectivity index (χ4n) is 1.84. The smallest absolute Gasteiger partial charge is 0.117 e. The van der Waals surface area contributed by atoms with Crippen molar-refractivity contribution >= 4 is 5.69 Å². The molecule has 0 aromatic heterocycles. The molecule has 0 aliphatic carbocycles. The van der Waals surface area contributed by atoms with Crippen molar-refractivity contribution in [3.63, 3.8) is 0 Å². The molecule has 17 heavy (non-hydrogen) atoms. The Balaban J connectivity index is 3.66. The molecule has 0 radical (unpaired) electrons. The van der Waals surface area contributed by atoms with Gasteiger partial charge in [-0.1, -0.05) is 0 Å². The average Bonchev–Trinajstić information content (AvgIpc) is 2.36. The Morgan fingerprint density at radius 1 is 0.529 bits per heavy atom. The third kappa shape index (κ3) is 2.21. The number of nitrogens with two attached hydrogens (primary N) is 1. The molecule has 1 nitrogen and oxygen atoms in total. The molecule has 0 fully saturated rings. The second-order valence-corrected chi connectivity index (χ2v) is 3.47. The van der Waals surface area contributed by atoms with E-state index in [4.69, 9.17) is 5.73 Å².